The van der Waals surface area contributed by atoms with Crippen molar-refractivity contribution in [2.75, 3.05) is 20.8 Å². The van der Waals surface area contributed by atoms with Crippen molar-refractivity contribution in [2.45, 2.75) is 34.6 Å². The molecule has 0 saturated carbocycles. The molecule has 0 aliphatic carbocycles. The first-order chi connectivity index (χ1) is 18.4. The maximum atomic E-state index is 5.76. The summed E-state index contributed by atoms with van der Waals surface area (Å²) in [6, 6.07) is 32.5. The maximum Gasteiger partial charge on any atom is 0.127 e. The zero-order valence-electron chi connectivity index (χ0n) is 23.7. The molecule has 6 rings (SSSR count). The van der Waals surface area contributed by atoms with Crippen LogP contribution in [0.1, 0.15) is 29.2 Å². The molecule has 0 fully saturated rings. The summed E-state index contributed by atoms with van der Waals surface area (Å²) in [4.78, 5) is 0. The number of benzene rings is 6. The molecule has 0 amide bonds. The molecule has 0 N–H and O–H groups in total. The van der Waals surface area contributed by atoms with E-state index in [2.05, 4.69) is 123 Å². The van der Waals surface area contributed by atoms with Gasteiger partial charge in [0.2, 0.25) is 0 Å². The Kier molecular flexibility index (Phi) is 8.66. The fraction of sp³-hybridized carbons (Fsp3) is 0.222. The van der Waals surface area contributed by atoms with Gasteiger partial charge in [-0.25, -0.2) is 0 Å². The molecule has 0 atom stereocenters. The van der Waals surface area contributed by atoms with Crippen LogP contribution in [0.3, 0.4) is 0 Å². The minimum atomic E-state index is 0.698. The third-order valence-electron chi connectivity index (χ3n) is 6.99. The van der Waals surface area contributed by atoms with Crippen LogP contribution >= 0.6 is 0 Å². The van der Waals surface area contributed by atoms with Gasteiger partial charge in [-0.15, -0.1) is 0 Å². The van der Waals surface area contributed by atoms with Crippen molar-refractivity contribution >= 4 is 43.1 Å². The summed E-state index contributed by atoms with van der Waals surface area (Å²) in [5.41, 5.74) is 5.33. The molecule has 38 heavy (non-hydrogen) atoms. The van der Waals surface area contributed by atoms with Gasteiger partial charge in [0.05, 0.1) is 6.61 Å². The van der Waals surface area contributed by atoms with E-state index < -0.39 is 0 Å². The molecule has 194 valence electrons. The normalized spacial score (nSPS) is 10.7. The zero-order valence-corrected chi connectivity index (χ0v) is 23.7. The Morgan fingerprint density at radius 3 is 1.74 bits per heavy atom. The van der Waals surface area contributed by atoms with Crippen molar-refractivity contribution in [2.24, 2.45) is 0 Å². The lowest BCUT2D eigenvalue weighted by Crippen LogP contribution is -1.93. The lowest BCUT2D eigenvalue weighted by Gasteiger charge is -2.13. The standard InChI is InChI=1S/C18H18O.C16H14.C2H6O/c1-4-19-17-10-6-9-15-16(17)11-13(3)14-8-5-7-12(2)18(14)15;1-11-6-5-7-13-10-12(2)14-8-3-4-9-15(14)16(11)13;1-3-2/h5-11H,4H2,1-3H3;3-10H,1-2H3;1-2H3. The number of methoxy groups -OCH3 is 1. The number of aryl methyl sites for hydroxylation is 4. The monoisotopic (exact) mass is 502 g/mol. The van der Waals surface area contributed by atoms with Gasteiger partial charge in [0.1, 0.15) is 5.75 Å². The number of hydrogen-bond donors (Lipinski definition) is 0. The predicted octanol–water partition coefficient (Wildman–Crippen LogP) is 9.88. The van der Waals surface area contributed by atoms with Gasteiger partial charge in [-0.2, -0.15) is 0 Å². The Labute approximate surface area is 226 Å². The van der Waals surface area contributed by atoms with Crippen molar-refractivity contribution in [3.8, 4) is 5.75 Å². The minimum Gasteiger partial charge on any atom is -0.493 e. The van der Waals surface area contributed by atoms with Gasteiger partial charge >= 0.3 is 0 Å². The van der Waals surface area contributed by atoms with E-state index in [0.717, 1.165) is 5.75 Å². The number of ether oxygens (including phenoxy) is 2. The second-order valence-electron chi connectivity index (χ2n) is 9.80. The highest BCUT2D eigenvalue weighted by molar-refractivity contribution is 6.12. The number of fused-ring (bicyclic) bond motifs is 6. The van der Waals surface area contributed by atoms with E-state index in [9.17, 15) is 0 Å². The largest absolute Gasteiger partial charge is 0.493 e. The van der Waals surface area contributed by atoms with Gasteiger partial charge in [-0.05, 0) is 107 Å². The average molecular weight is 503 g/mol. The first-order valence-corrected chi connectivity index (χ1v) is 13.2. The van der Waals surface area contributed by atoms with E-state index in [1.165, 1.54) is 65.3 Å². The van der Waals surface area contributed by atoms with Crippen LogP contribution in [-0.4, -0.2) is 20.8 Å². The maximum absolute atomic E-state index is 5.76. The highest BCUT2D eigenvalue weighted by Crippen LogP contribution is 2.35. The fourth-order valence-electron chi connectivity index (χ4n) is 5.38. The van der Waals surface area contributed by atoms with Crippen LogP contribution < -0.4 is 4.74 Å². The Morgan fingerprint density at radius 2 is 1.03 bits per heavy atom. The third-order valence-corrected chi connectivity index (χ3v) is 6.99. The molecule has 0 bridgehead atoms. The van der Waals surface area contributed by atoms with Crippen molar-refractivity contribution in [1.29, 1.82) is 0 Å². The molecular formula is C36H38O2. The molecular weight excluding hydrogens is 464 g/mol. The summed E-state index contributed by atoms with van der Waals surface area (Å²) in [6.45, 7) is 11.4. The van der Waals surface area contributed by atoms with Crippen LogP contribution in [0.5, 0.6) is 5.75 Å². The lowest BCUT2D eigenvalue weighted by molar-refractivity contribution is 0.277. The average Bonchev–Trinajstić information content (AvgIpc) is 2.91. The number of hydrogen-bond acceptors (Lipinski definition) is 2. The van der Waals surface area contributed by atoms with Crippen LogP contribution in [0.15, 0.2) is 91.0 Å². The molecule has 0 unspecified atom stereocenters. The summed E-state index contributed by atoms with van der Waals surface area (Å²) in [6.07, 6.45) is 0. The van der Waals surface area contributed by atoms with Crippen LogP contribution in [0, 0.1) is 27.7 Å². The van der Waals surface area contributed by atoms with Gasteiger partial charge in [0.15, 0.2) is 0 Å². The Morgan fingerprint density at radius 1 is 0.500 bits per heavy atom. The van der Waals surface area contributed by atoms with Crippen molar-refractivity contribution < 1.29 is 9.47 Å². The molecule has 0 heterocycles. The van der Waals surface area contributed by atoms with E-state index in [4.69, 9.17) is 4.74 Å². The summed E-state index contributed by atoms with van der Waals surface area (Å²) in [5, 5.41) is 10.6. The molecule has 0 aliphatic heterocycles. The van der Waals surface area contributed by atoms with Gasteiger partial charge < -0.3 is 9.47 Å². The molecule has 0 spiro atoms. The first kappa shape index (κ1) is 27.2. The summed E-state index contributed by atoms with van der Waals surface area (Å²) < 4.78 is 10.0. The minimum absolute atomic E-state index is 0.698. The summed E-state index contributed by atoms with van der Waals surface area (Å²) in [5.74, 6) is 0.980. The topological polar surface area (TPSA) is 18.5 Å². The molecule has 2 nitrogen and oxygen atoms in total. The van der Waals surface area contributed by atoms with Gasteiger partial charge in [0.25, 0.3) is 0 Å². The SMILES string of the molecule is CCOc1cccc2c1cc(C)c1cccc(C)c12.COC.Cc1cc2cccc(C)c2c2ccccc12. The zero-order chi connectivity index (χ0) is 27.2. The second kappa shape index (κ2) is 12.1. The van der Waals surface area contributed by atoms with Crippen LogP contribution in [-0.2, 0) is 4.74 Å². The highest BCUT2D eigenvalue weighted by Gasteiger charge is 2.09. The fourth-order valence-corrected chi connectivity index (χ4v) is 5.38. The van der Waals surface area contributed by atoms with Gasteiger partial charge in [-0.1, -0.05) is 78.9 Å². The van der Waals surface area contributed by atoms with Crippen LogP contribution in [0.2, 0.25) is 0 Å². The first-order valence-electron chi connectivity index (χ1n) is 13.2. The Bertz CT molecular complexity index is 1710. The predicted molar refractivity (Wildman–Crippen MR) is 166 cm³/mol. The number of rotatable bonds is 2. The van der Waals surface area contributed by atoms with Crippen molar-refractivity contribution in [3.63, 3.8) is 0 Å². The summed E-state index contributed by atoms with van der Waals surface area (Å²) >= 11 is 0. The van der Waals surface area contributed by atoms with Crippen molar-refractivity contribution in [1.82, 2.24) is 0 Å². The van der Waals surface area contributed by atoms with Gasteiger partial charge in [0, 0.05) is 19.6 Å². The van der Waals surface area contributed by atoms with E-state index in [1.807, 2.05) is 6.92 Å². The molecule has 2 heteroatoms. The summed E-state index contributed by atoms with van der Waals surface area (Å²) in [7, 11) is 3.25. The molecule has 0 saturated heterocycles. The van der Waals surface area contributed by atoms with Crippen LogP contribution in [0.4, 0.5) is 0 Å². The quantitative estimate of drug-likeness (QED) is 0.219. The van der Waals surface area contributed by atoms with E-state index in [0.29, 0.717) is 6.61 Å². The van der Waals surface area contributed by atoms with Crippen LogP contribution in [0.25, 0.3) is 43.1 Å². The third kappa shape index (κ3) is 5.37. The lowest BCUT2D eigenvalue weighted by atomic mass is 9.94. The Hall–Kier alpha value is -3.88. The molecule has 0 radical (unpaired) electrons. The van der Waals surface area contributed by atoms with E-state index in [-0.39, 0.29) is 0 Å². The smallest absolute Gasteiger partial charge is 0.127 e. The van der Waals surface area contributed by atoms with E-state index in [1.54, 1.807) is 14.2 Å². The van der Waals surface area contributed by atoms with E-state index >= 15 is 0 Å². The molecule has 0 aliphatic rings. The Balaban J connectivity index is 0.000000162. The second-order valence-corrected chi connectivity index (χ2v) is 9.80. The highest BCUT2D eigenvalue weighted by atomic mass is 16.5. The molecule has 6 aromatic rings. The van der Waals surface area contributed by atoms with Gasteiger partial charge in [-0.3, -0.25) is 0 Å². The molecule has 0 aromatic heterocycles. The molecule has 6 aromatic carbocycles. The van der Waals surface area contributed by atoms with Crippen molar-refractivity contribution in [3.05, 3.63) is 113 Å².